The summed E-state index contributed by atoms with van der Waals surface area (Å²) in [5, 5.41) is 3.23. The van der Waals surface area contributed by atoms with Crippen molar-refractivity contribution in [2.24, 2.45) is 0 Å². The molecule has 1 aliphatic carbocycles. The Morgan fingerprint density at radius 3 is 2.38 bits per heavy atom. The van der Waals surface area contributed by atoms with Gasteiger partial charge in [-0.3, -0.25) is 0 Å². The Morgan fingerprint density at radius 2 is 1.81 bits per heavy atom. The summed E-state index contributed by atoms with van der Waals surface area (Å²) in [4.78, 5) is 2.64. The molecule has 0 aromatic carbocycles. The van der Waals surface area contributed by atoms with Gasteiger partial charge in [0, 0.05) is 12.1 Å². The fraction of sp³-hybridized carbons (Fsp3) is 1.00. The highest BCUT2D eigenvalue weighted by Crippen LogP contribution is 2.23. The van der Waals surface area contributed by atoms with Crippen LogP contribution in [0, 0.1) is 0 Å². The monoisotopic (exact) mass is 226 g/mol. The Hall–Kier alpha value is -0.0800. The molecule has 1 aliphatic rings. The van der Waals surface area contributed by atoms with Crippen molar-refractivity contribution in [3.63, 3.8) is 0 Å². The molecule has 0 amide bonds. The quantitative estimate of drug-likeness (QED) is 0.553. The summed E-state index contributed by atoms with van der Waals surface area (Å²) < 4.78 is 0. The van der Waals surface area contributed by atoms with E-state index >= 15 is 0 Å². The van der Waals surface area contributed by atoms with Crippen LogP contribution in [0.2, 0.25) is 0 Å². The van der Waals surface area contributed by atoms with Gasteiger partial charge in [0.15, 0.2) is 0 Å². The lowest BCUT2D eigenvalue weighted by Crippen LogP contribution is -2.38. The van der Waals surface area contributed by atoms with Gasteiger partial charge in [-0.25, -0.2) is 0 Å². The lowest BCUT2D eigenvalue weighted by atomic mass is 10.0. The molecule has 2 nitrogen and oxygen atoms in total. The van der Waals surface area contributed by atoms with Crippen LogP contribution in [-0.2, 0) is 0 Å². The van der Waals surface area contributed by atoms with Crippen molar-refractivity contribution in [1.29, 1.82) is 0 Å². The van der Waals surface area contributed by atoms with Crippen molar-refractivity contribution < 1.29 is 0 Å². The predicted molar refractivity (Wildman–Crippen MR) is 71.9 cm³/mol. The van der Waals surface area contributed by atoms with Crippen molar-refractivity contribution in [2.45, 2.75) is 70.4 Å². The third-order valence-electron chi connectivity index (χ3n) is 4.14. The fourth-order valence-electron chi connectivity index (χ4n) is 2.80. The zero-order valence-electron chi connectivity index (χ0n) is 11.5. The molecule has 0 spiro atoms. The first kappa shape index (κ1) is 14.0. The van der Waals surface area contributed by atoms with E-state index < -0.39 is 0 Å². The molecule has 16 heavy (non-hydrogen) atoms. The zero-order chi connectivity index (χ0) is 11.8. The van der Waals surface area contributed by atoms with Crippen LogP contribution in [0.1, 0.15) is 58.3 Å². The first-order chi connectivity index (χ1) is 7.75. The van der Waals surface area contributed by atoms with Crippen LogP contribution in [0.3, 0.4) is 0 Å². The zero-order valence-corrected chi connectivity index (χ0v) is 11.5. The maximum absolute atomic E-state index is 3.23. The van der Waals surface area contributed by atoms with E-state index in [0.29, 0.717) is 0 Å². The molecular formula is C14H30N2. The lowest BCUT2D eigenvalue weighted by Gasteiger charge is -2.32. The van der Waals surface area contributed by atoms with E-state index in [4.69, 9.17) is 0 Å². The molecule has 0 bridgehead atoms. The van der Waals surface area contributed by atoms with E-state index in [9.17, 15) is 0 Å². The average molecular weight is 226 g/mol. The minimum Gasteiger partial charge on any atom is -0.320 e. The van der Waals surface area contributed by atoms with Gasteiger partial charge >= 0.3 is 0 Å². The van der Waals surface area contributed by atoms with Crippen LogP contribution in [0.15, 0.2) is 0 Å². The minimum atomic E-state index is 0.747. The topological polar surface area (TPSA) is 15.3 Å². The summed E-state index contributed by atoms with van der Waals surface area (Å²) in [6.45, 7) is 3.55. The second kappa shape index (κ2) is 8.08. The molecule has 2 heteroatoms. The summed E-state index contributed by atoms with van der Waals surface area (Å²) in [5.41, 5.74) is 0. The molecule has 1 unspecified atom stereocenters. The van der Waals surface area contributed by atoms with E-state index in [2.05, 4.69) is 24.2 Å². The van der Waals surface area contributed by atoms with Gasteiger partial charge in [0.05, 0.1) is 0 Å². The molecule has 0 heterocycles. The van der Waals surface area contributed by atoms with Gasteiger partial charge in [0.1, 0.15) is 0 Å². The molecule has 0 aromatic heterocycles. The normalized spacial score (nSPS) is 21.0. The van der Waals surface area contributed by atoms with Gasteiger partial charge in [0.2, 0.25) is 0 Å². The maximum atomic E-state index is 3.23. The first-order valence-corrected chi connectivity index (χ1v) is 7.12. The van der Waals surface area contributed by atoms with E-state index in [-0.39, 0.29) is 0 Å². The highest BCUT2D eigenvalue weighted by molar-refractivity contribution is 4.76. The maximum Gasteiger partial charge on any atom is 0.00950 e. The van der Waals surface area contributed by atoms with E-state index in [1.54, 1.807) is 0 Å². The van der Waals surface area contributed by atoms with Crippen LogP contribution in [-0.4, -0.2) is 37.6 Å². The van der Waals surface area contributed by atoms with Crippen LogP contribution in [0.25, 0.3) is 0 Å². The van der Waals surface area contributed by atoms with Crippen LogP contribution >= 0.6 is 0 Å². The van der Waals surface area contributed by atoms with Crippen LogP contribution in [0.4, 0.5) is 0 Å². The van der Waals surface area contributed by atoms with Crippen molar-refractivity contribution in [2.75, 3.05) is 20.6 Å². The molecule has 0 aromatic rings. The minimum absolute atomic E-state index is 0.747. The lowest BCUT2D eigenvalue weighted by molar-refractivity contribution is 0.159. The van der Waals surface area contributed by atoms with E-state index in [1.165, 1.54) is 51.4 Å². The second-order valence-corrected chi connectivity index (χ2v) is 5.41. The molecular weight excluding hydrogens is 196 g/mol. The molecule has 1 N–H and O–H groups in total. The smallest absolute Gasteiger partial charge is 0.00950 e. The number of hydrogen-bond acceptors (Lipinski definition) is 2. The summed E-state index contributed by atoms with van der Waals surface area (Å²) in [5.74, 6) is 0. The molecule has 1 fully saturated rings. The molecule has 96 valence electrons. The highest BCUT2D eigenvalue weighted by Gasteiger charge is 2.20. The Balaban J connectivity index is 2.26. The SMILES string of the molecule is CNCCCC(C)N(C)C1CCCCCC1. The van der Waals surface area contributed by atoms with Crippen molar-refractivity contribution in [1.82, 2.24) is 10.2 Å². The summed E-state index contributed by atoms with van der Waals surface area (Å²) >= 11 is 0. The number of hydrogen-bond donors (Lipinski definition) is 1. The Bertz CT molecular complexity index is 162. The predicted octanol–water partition coefficient (Wildman–Crippen LogP) is 3.03. The Kier molecular flexibility index (Phi) is 7.06. The summed E-state index contributed by atoms with van der Waals surface area (Å²) in [6.07, 6.45) is 11.3. The number of nitrogens with zero attached hydrogens (tertiary/aromatic N) is 1. The van der Waals surface area contributed by atoms with Gasteiger partial charge in [-0.05, 0) is 53.2 Å². The summed E-state index contributed by atoms with van der Waals surface area (Å²) in [7, 11) is 4.37. The third kappa shape index (κ3) is 4.84. The molecule has 1 rings (SSSR count). The van der Waals surface area contributed by atoms with Gasteiger partial charge in [-0.2, -0.15) is 0 Å². The molecule has 0 aliphatic heterocycles. The largest absolute Gasteiger partial charge is 0.320 e. The average Bonchev–Trinajstić information content (AvgIpc) is 2.56. The highest BCUT2D eigenvalue weighted by atomic mass is 15.2. The van der Waals surface area contributed by atoms with Gasteiger partial charge in [-0.15, -0.1) is 0 Å². The number of nitrogens with one attached hydrogen (secondary N) is 1. The molecule has 0 saturated heterocycles. The van der Waals surface area contributed by atoms with Crippen LogP contribution < -0.4 is 5.32 Å². The van der Waals surface area contributed by atoms with E-state index in [0.717, 1.165) is 18.6 Å². The van der Waals surface area contributed by atoms with Crippen molar-refractivity contribution in [3.8, 4) is 0 Å². The second-order valence-electron chi connectivity index (χ2n) is 5.41. The fourth-order valence-corrected chi connectivity index (χ4v) is 2.80. The van der Waals surface area contributed by atoms with Crippen molar-refractivity contribution >= 4 is 0 Å². The summed E-state index contributed by atoms with van der Waals surface area (Å²) in [6, 6.07) is 1.60. The molecule has 0 radical (unpaired) electrons. The Labute approximate surface area is 102 Å². The Morgan fingerprint density at radius 1 is 1.19 bits per heavy atom. The molecule has 1 atom stereocenters. The third-order valence-corrected chi connectivity index (χ3v) is 4.14. The first-order valence-electron chi connectivity index (χ1n) is 7.12. The standard InChI is InChI=1S/C14H30N2/c1-13(9-8-12-15-2)16(3)14-10-6-4-5-7-11-14/h13-15H,4-12H2,1-3H3. The van der Waals surface area contributed by atoms with E-state index in [1.807, 2.05) is 7.05 Å². The van der Waals surface area contributed by atoms with Gasteiger partial charge in [-0.1, -0.05) is 25.7 Å². The van der Waals surface area contributed by atoms with Crippen LogP contribution in [0.5, 0.6) is 0 Å². The number of rotatable bonds is 6. The van der Waals surface area contributed by atoms with Gasteiger partial charge < -0.3 is 10.2 Å². The molecule has 1 saturated carbocycles. The van der Waals surface area contributed by atoms with Crippen molar-refractivity contribution in [3.05, 3.63) is 0 Å². The van der Waals surface area contributed by atoms with Gasteiger partial charge in [0.25, 0.3) is 0 Å².